The number of carbonyl (C=O) groups excluding carboxylic acids is 2. The molecule has 30 heavy (non-hydrogen) atoms. The highest BCUT2D eigenvalue weighted by Gasteiger charge is 2.25. The number of carbonyl (C=O) groups is 3. The predicted octanol–water partition coefficient (Wildman–Crippen LogP) is 4.62. The van der Waals surface area contributed by atoms with E-state index in [1.54, 1.807) is 12.1 Å². The number of carboxylic acid groups (broad SMARTS) is 1. The Morgan fingerprint density at radius 3 is 2.43 bits per heavy atom. The van der Waals surface area contributed by atoms with E-state index in [1.165, 1.54) is 4.90 Å². The van der Waals surface area contributed by atoms with E-state index in [4.69, 9.17) is 21.4 Å². The molecule has 160 valence electrons. The third kappa shape index (κ3) is 7.19. The molecule has 6 nitrogen and oxygen atoms in total. The van der Waals surface area contributed by atoms with E-state index in [0.29, 0.717) is 23.6 Å². The molecule has 0 unspecified atom stereocenters. The molecule has 0 atom stereocenters. The second-order valence-corrected chi connectivity index (χ2v) is 7.30. The van der Waals surface area contributed by atoms with Gasteiger partial charge >= 0.3 is 17.8 Å². The van der Waals surface area contributed by atoms with E-state index in [1.807, 2.05) is 36.4 Å². The van der Waals surface area contributed by atoms with Gasteiger partial charge in [0.2, 0.25) is 0 Å². The van der Waals surface area contributed by atoms with Crippen LogP contribution >= 0.6 is 11.6 Å². The molecule has 0 aromatic heterocycles. The lowest BCUT2D eigenvalue weighted by molar-refractivity contribution is -0.153. The fourth-order valence-electron chi connectivity index (χ4n) is 2.94. The van der Waals surface area contributed by atoms with E-state index >= 15 is 0 Å². The summed E-state index contributed by atoms with van der Waals surface area (Å²) < 4.78 is 5.06. The van der Waals surface area contributed by atoms with E-state index in [9.17, 15) is 14.4 Å². The Morgan fingerprint density at radius 2 is 1.80 bits per heavy atom. The molecule has 2 rings (SSSR count). The number of benzene rings is 2. The smallest absolute Gasteiger partial charge is 0.397 e. The van der Waals surface area contributed by atoms with Gasteiger partial charge in [-0.3, -0.25) is 14.5 Å². The van der Waals surface area contributed by atoms with Crippen LogP contribution in [0.2, 0.25) is 5.02 Å². The van der Waals surface area contributed by atoms with Gasteiger partial charge in [-0.1, -0.05) is 61.3 Å². The number of carboxylic acids is 1. The quantitative estimate of drug-likeness (QED) is 0.337. The summed E-state index contributed by atoms with van der Waals surface area (Å²) in [7, 11) is 0. The van der Waals surface area contributed by atoms with Crippen LogP contribution in [-0.2, 0) is 32.1 Å². The van der Waals surface area contributed by atoms with Crippen LogP contribution in [0.5, 0.6) is 0 Å². The first-order chi connectivity index (χ1) is 14.4. The summed E-state index contributed by atoms with van der Waals surface area (Å²) in [5.41, 5.74) is 2.35. The molecule has 0 radical (unpaired) electrons. The van der Waals surface area contributed by atoms with Crippen LogP contribution in [0.25, 0.3) is 0 Å². The van der Waals surface area contributed by atoms with Crippen molar-refractivity contribution in [1.29, 1.82) is 0 Å². The lowest BCUT2D eigenvalue weighted by Gasteiger charge is -2.23. The summed E-state index contributed by atoms with van der Waals surface area (Å²) in [6.45, 7) is 2.24. The molecule has 2 aromatic carbocycles. The van der Waals surface area contributed by atoms with Gasteiger partial charge in [-0.2, -0.15) is 0 Å². The number of hydrogen-bond acceptors (Lipinski definition) is 4. The van der Waals surface area contributed by atoms with Crippen LogP contribution < -0.4 is 4.90 Å². The van der Waals surface area contributed by atoms with Gasteiger partial charge in [0.15, 0.2) is 0 Å². The summed E-state index contributed by atoms with van der Waals surface area (Å²) in [5.74, 6) is -2.68. The number of anilines is 1. The fraction of sp³-hybridized carbons (Fsp3) is 0.348. The van der Waals surface area contributed by atoms with Crippen molar-refractivity contribution in [2.45, 2.75) is 45.6 Å². The number of nitrogens with zero attached hydrogens (tertiary/aromatic N) is 1. The molecular weight excluding hydrogens is 406 g/mol. The van der Waals surface area contributed by atoms with Crippen LogP contribution in [0.1, 0.15) is 43.7 Å². The first-order valence-corrected chi connectivity index (χ1v) is 10.3. The summed E-state index contributed by atoms with van der Waals surface area (Å²) in [6.07, 6.45) is 2.51. The van der Waals surface area contributed by atoms with Gasteiger partial charge < -0.3 is 9.84 Å². The Labute approximate surface area is 181 Å². The summed E-state index contributed by atoms with van der Waals surface area (Å²) in [4.78, 5) is 37.1. The maximum absolute atomic E-state index is 12.9. The summed E-state index contributed by atoms with van der Waals surface area (Å²) in [6, 6.07) is 14.6. The van der Waals surface area contributed by atoms with Crippen molar-refractivity contribution in [3.8, 4) is 0 Å². The van der Waals surface area contributed by atoms with Crippen molar-refractivity contribution in [2.75, 3.05) is 11.5 Å². The molecular formula is C23H26ClNO5. The third-order valence-corrected chi connectivity index (χ3v) is 4.84. The zero-order valence-corrected chi connectivity index (χ0v) is 17.7. The molecule has 0 saturated heterocycles. The van der Waals surface area contributed by atoms with Crippen LogP contribution in [0.4, 0.5) is 5.69 Å². The third-order valence-electron chi connectivity index (χ3n) is 4.49. The number of hydrogen-bond donors (Lipinski definition) is 1. The lowest BCUT2D eigenvalue weighted by atomic mass is 10.1. The zero-order valence-electron chi connectivity index (χ0n) is 17.0. The van der Waals surface area contributed by atoms with E-state index in [-0.39, 0.29) is 19.6 Å². The Hall–Kier alpha value is -2.86. The highest BCUT2D eigenvalue weighted by atomic mass is 35.5. The number of ether oxygens (including phenoxy) is 1. The predicted molar refractivity (Wildman–Crippen MR) is 116 cm³/mol. The molecule has 0 heterocycles. The van der Waals surface area contributed by atoms with Crippen molar-refractivity contribution >= 4 is 35.1 Å². The molecule has 0 aliphatic heterocycles. The van der Waals surface area contributed by atoms with Crippen LogP contribution in [0.3, 0.4) is 0 Å². The number of esters is 1. The standard InChI is InChI=1S/C23H26ClNO5/c1-2-8-18-12-13-19(15-20(18)24)25(16-17-9-4-3-5-10-17)22(28)23(29)30-14-7-6-11-21(26)27/h3-5,9-10,12-13,15H,2,6-8,11,14,16H2,1H3,(H,26,27). The van der Waals surface area contributed by atoms with Gasteiger partial charge in [0.25, 0.3) is 0 Å². The topological polar surface area (TPSA) is 83.9 Å². The lowest BCUT2D eigenvalue weighted by Crippen LogP contribution is -2.37. The van der Waals surface area contributed by atoms with E-state index < -0.39 is 17.8 Å². The number of rotatable bonds is 10. The second kappa shape index (κ2) is 12.0. The largest absolute Gasteiger partial charge is 0.481 e. The van der Waals surface area contributed by atoms with Gasteiger partial charge in [0.05, 0.1) is 13.2 Å². The normalized spacial score (nSPS) is 10.5. The summed E-state index contributed by atoms with van der Waals surface area (Å²) in [5, 5.41) is 9.19. The van der Waals surface area contributed by atoms with Crippen molar-refractivity contribution < 1.29 is 24.2 Å². The van der Waals surface area contributed by atoms with Gasteiger partial charge in [-0.25, -0.2) is 4.79 Å². The van der Waals surface area contributed by atoms with Gasteiger partial charge in [0, 0.05) is 17.1 Å². The van der Waals surface area contributed by atoms with Gasteiger partial charge in [-0.05, 0) is 42.5 Å². The number of unbranched alkanes of at least 4 members (excludes halogenated alkanes) is 1. The van der Waals surface area contributed by atoms with Crippen LogP contribution in [-0.4, -0.2) is 29.6 Å². The molecule has 1 amide bonds. The van der Waals surface area contributed by atoms with Gasteiger partial charge in [-0.15, -0.1) is 0 Å². The number of amides is 1. The molecule has 2 aromatic rings. The fourth-order valence-corrected chi connectivity index (χ4v) is 3.21. The Balaban J connectivity index is 2.14. The molecule has 0 aliphatic carbocycles. The summed E-state index contributed by atoms with van der Waals surface area (Å²) >= 11 is 6.38. The maximum Gasteiger partial charge on any atom is 0.397 e. The molecule has 0 saturated carbocycles. The Bertz CT molecular complexity index is 869. The average molecular weight is 432 g/mol. The van der Waals surface area contributed by atoms with E-state index in [2.05, 4.69) is 6.92 Å². The first kappa shape index (κ1) is 23.4. The average Bonchev–Trinajstić information content (AvgIpc) is 2.73. The van der Waals surface area contributed by atoms with Crippen molar-refractivity contribution in [3.63, 3.8) is 0 Å². The maximum atomic E-state index is 12.9. The molecule has 0 bridgehead atoms. The van der Waals surface area contributed by atoms with Crippen LogP contribution in [0.15, 0.2) is 48.5 Å². The minimum atomic E-state index is -0.977. The zero-order chi connectivity index (χ0) is 21.9. The number of aliphatic carboxylic acids is 1. The monoisotopic (exact) mass is 431 g/mol. The Kier molecular flexibility index (Phi) is 9.35. The van der Waals surface area contributed by atoms with Crippen LogP contribution in [0, 0.1) is 0 Å². The van der Waals surface area contributed by atoms with Crippen molar-refractivity contribution in [2.24, 2.45) is 0 Å². The number of halogens is 1. The second-order valence-electron chi connectivity index (χ2n) is 6.89. The molecule has 0 spiro atoms. The van der Waals surface area contributed by atoms with E-state index in [0.717, 1.165) is 24.0 Å². The molecule has 1 N–H and O–H groups in total. The highest BCUT2D eigenvalue weighted by molar-refractivity contribution is 6.38. The highest BCUT2D eigenvalue weighted by Crippen LogP contribution is 2.26. The van der Waals surface area contributed by atoms with Crippen molar-refractivity contribution in [3.05, 3.63) is 64.7 Å². The van der Waals surface area contributed by atoms with Gasteiger partial charge in [0.1, 0.15) is 0 Å². The molecule has 0 fully saturated rings. The Morgan fingerprint density at radius 1 is 1.07 bits per heavy atom. The first-order valence-electron chi connectivity index (χ1n) is 9.95. The van der Waals surface area contributed by atoms with Crippen molar-refractivity contribution in [1.82, 2.24) is 0 Å². The minimum Gasteiger partial charge on any atom is -0.481 e. The number of aryl methyl sites for hydroxylation is 1. The SMILES string of the molecule is CCCc1ccc(N(Cc2ccccc2)C(=O)C(=O)OCCCCC(=O)O)cc1Cl. The molecule has 0 aliphatic rings. The molecule has 7 heteroatoms. The minimum absolute atomic E-state index is 0.00572.